The van der Waals surface area contributed by atoms with Gasteiger partial charge in [0.05, 0.1) is 5.92 Å². The van der Waals surface area contributed by atoms with Crippen molar-refractivity contribution in [2.75, 3.05) is 0 Å². The van der Waals surface area contributed by atoms with Crippen LogP contribution < -0.4 is 0 Å². The van der Waals surface area contributed by atoms with E-state index in [1.165, 1.54) is 5.57 Å². The number of hydrogen-bond acceptors (Lipinski definition) is 1. The van der Waals surface area contributed by atoms with Crippen LogP contribution in [0.2, 0.25) is 0 Å². The van der Waals surface area contributed by atoms with Crippen LogP contribution in [-0.4, -0.2) is 5.78 Å². The Morgan fingerprint density at radius 1 is 1.13 bits per heavy atom. The Bertz CT molecular complexity index is 494. The first-order valence-electron chi connectivity index (χ1n) is 5.31. The molecule has 0 spiro atoms. The number of allylic oxidation sites excluding steroid dienone is 4. The molecule has 0 N–H and O–H groups in total. The van der Waals surface area contributed by atoms with E-state index in [0.717, 1.165) is 11.1 Å². The van der Waals surface area contributed by atoms with Gasteiger partial charge in [0.2, 0.25) is 0 Å². The summed E-state index contributed by atoms with van der Waals surface area (Å²) in [5.41, 5.74) is 3.22. The van der Waals surface area contributed by atoms with Crippen molar-refractivity contribution in [2.24, 2.45) is 11.8 Å². The van der Waals surface area contributed by atoms with Gasteiger partial charge in [-0.05, 0) is 17.1 Å². The number of hydrogen-bond donors (Lipinski definition) is 0. The van der Waals surface area contributed by atoms with Crippen molar-refractivity contribution in [2.45, 2.75) is 6.92 Å². The molecule has 3 rings (SSSR count). The molecule has 0 bridgehead atoms. The minimum absolute atomic E-state index is 0.0624. The number of carbonyl (C=O) groups excluding carboxylic acids is 1. The van der Waals surface area contributed by atoms with E-state index in [2.05, 4.69) is 25.2 Å². The maximum absolute atomic E-state index is 12.2. The zero-order valence-electron chi connectivity index (χ0n) is 8.60. The Hall–Kier alpha value is -1.63. The molecular formula is C14H12O. The maximum Gasteiger partial charge on any atom is 0.171 e. The Morgan fingerprint density at radius 2 is 1.87 bits per heavy atom. The van der Waals surface area contributed by atoms with Gasteiger partial charge in [-0.3, -0.25) is 4.79 Å². The van der Waals surface area contributed by atoms with Crippen LogP contribution in [0.4, 0.5) is 0 Å². The number of carbonyl (C=O) groups is 1. The Kier molecular flexibility index (Phi) is 1.69. The van der Waals surface area contributed by atoms with Crippen molar-refractivity contribution in [1.82, 2.24) is 0 Å². The van der Waals surface area contributed by atoms with Gasteiger partial charge in [-0.25, -0.2) is 0 Å². The fourth-order valence-electron chi connectivity index (χ4n) is 2.59. The van der Waals surface area contributed by atoms with Crippen LogP contribution in [-0.2, 0) is 0 Å². The average Bonchev–Trinajstić information content (AvgIpc) is 2.55. The minimum Gasteiger partial charge on any atom is -0.293 e. The van der Waals surface area contributed by atoms with Crippen LogP contribution in [0, 0.1) is 11.8 Å². The van der Waals surface area contributed by atoms with Gasteiger partial charge in [0, 0.05) is 5.56 Å². The highest BCUT2D eigenvalue weighted by Gasteiger charge is 2.38. The monoisotopic (exact) mass is 196 g/mol. The van der Waals surface area contributed by atoms with E-state index >= 15 is 0 Å². The second-order valence-corrected chi connectivity index (χ2v) is 4.25. The second kappa shape index (κ2) is 2.93. The van der Waals surface area contributed by atoms with Gasteiger partial charge >= 0.3 is 0 Å². The lowest BCUT2D eigenvalue weighted by atomic mass is 9.83. The fraction of sp³-hybridized carbons (Fsp3) is 0.214. The molecule has 0 amide bonds. The number of rotatable bonds is 0. The molecule has 74 valence electrons. The van der Waals surface area contributed by atoms with Crippen molar-refractivity contribution in [3.63, 3.8) is 0 Å². The second-order valence-electron chi connectivity index (χ2n) is 4.25. The molecule has 0 aromatic heterocycles. The summed E-state index contributed by atoms with van der Waals surface area (Å²) in [7, 11) is 0. The molecule has 2 unspecified atom stereocenters. The van der Waals surface area contributed by atoms with E-state index in [1.807, 2.05) is 24.3 Å². The van der Waals surface area contributed by atoms with Crippen molar-refractivity contribution in [1.29, 1.82) is 0 Å². The molecule has 0 saturated carbocycles. The molecule has 15 heavy (non-hydrogen) atoms. The van der Waals surface area contributed by atoms with Crippen LogP contribution >= 0.6 is 0 Å². The van der Waals surface area contributed by atoms with Crippen LogP contribution in [0.1, 0.15) is 22.8 Å². The first-order chi connectivity index (χ1) is 7.29. The quantitative estimate of drug-likeness (QED) is 0.623. The van der Waals surface area contributed by atoms with E-state index in [4.69, 9.17) is 0 Å². The molecule has 0 heterocycles. The van der Waals surface area contributed by atoms with Gasteiger partial charge in [0.15, 0.2) is 5.78 Å². The molecule has 0 radical (unpaired) electrons. The Balaban J connectivity index is 2.25. The molecule has 0 fully saturated rings. The van der Waals surface area contributed by atoms with Gasteiger partial charge in [0.1, 0.15) is 0 Å². The highest BCUT2D eigenvalue weighted by atomic mass is 16.1. The summed E-state index contributed by atoms with van der Waals surface area (Å²) in [6.45, 7) is 2.11. The van der Waals surface area contributed by atoms with E-state index in [-0.39, 0.29) is 11.7 Å². The van der Waals surface area contributed by atoms with Crippen LogP contribution in [0.15, 0.2) is 42.5 Å². The SMILES string of the molecule is CC1C=CC=C2c3ccccc3C(=O)C21. The fourth-order valence-corrected chi connectivity index (χ4v) is 2.59. The average molecular weight is 196 g/mol. The Labute approximate surface area is 89.1 Å². The molecular weight excluding hydrogens is 184 g/mol. The van der Waals surface area contributed by atoms with Crippen LogP contribution in [0.25, 0.3) is 5.57 Å². The topological polar surface area (TPSA) is 17.1 Å². The highest BCUT2D eigenvalue weighted by molar-refractivity contribution is 6.14. The zero-order chi connectivity index (χ0) is 10.4. The molecule has 1 aromatic rings. The number of benzene rings is 1. The third-order valence-electron chi connectivity index (χ3n) is 3.34. The van der Waals surface area contributed by atoms with Gasteiger partial charge < -0.3 is 0 Å². The summed E-state index contributed by atoms with van der Waals surface area (Å²) >= 11 is 0. The first kappa shape index (κ1) is 8.66. The molecule has 0 aliphatic heterocycles. The predicted octanol–water partition coefficient (Wildman–Crippen LogP) is 3.09. The van der Waals surface area contributed by atoms with Crippen molar-refractivity contribution in [3.8, 4) is 0 Å². The third-order valence-corrected chi connectivity index (χ3v) is 3.34. The van der Waals surface area contributed by atoms with Gasteiger partial charge in [0.25, 0.3) is 0 Å². The lowest BCUT2D eigenvalue weighted by molar-refractivity contribution is 0.0941. The molecule has 1 nitrogen and oxygen atoms in total. The highest BCUT2D eigenvalue weighted by Crippen LogP contribution is 2.43. The summed E-state index contributed by atoms with van der Waals surface area (Å²) in [6, 6.07) is 7.92. The molecule has 0 saturated heterocycles. The minimum atomic E-state index is 0.0624. The predicted molar refractivity (Wildman–Crippen MR) is 60.5 cm³/mol. The van der Waals surface area contributed by atoms with Crippen LogP contribution in [0.3, 0.4) is 0 Å². The number of ketones is 1. The summed E-state index contributed by atoms with van der Waals surface area (Å²) in [4.78, 5) is 12.2. The van der Waals surface area contributed by atoms with Gasteiger partial charge in [-0.1, -0.05) is 49.4 Å². The maximum atomic E-state index is 12.2. The molecule has 2 aliphatic rings. The molecule has 2 aliphatic carbocycles. The molecule has 1 heteroatoms. The van der Waals surface area contributed by atoms with Crippen molar-refractivity contribution < 1.29 is 4.79 Å². The van der Waals surface area contributed by atoms with Crippen molar-refractivity contribution in [3.05, 3.63) is 53.6 Å². The lowest BCUT2D eigenvalue weighted by Gasteiger charge is -2.19. The normalized spacial score (nSPS) is 27.3. The van der Waals surface area contributed by atoms with E-state index in [9.17, 15) is 4.79 Å². The summed E-state index contributed by atoms with van der Waals surface area (Å²) in [5, 5.41) is 0. The van der Waals surface area contributed by atoms with Gasteiger partial charge in [-0.2, -0.15) is 0 Å². The zero-order valence-corrected chi connectivity index (χ0v) is 8.60. The van der Waals surface area contributed by atoms with E-state index in [1.54, 1.807) is 0 Å². The van der Waals surface area contributed by atoms with Gasteiger partial charge in [-0.15, -0.1) is 0 Å². The largest absolute Gasteiger partial charge is 0.293 e. The molecule has 2 atom stereocenters. The standard InChI is InChI=1S/C14H12O/c1-9-5-4-8-11-10-6-2-3-7-12(10)14(15)13(9)11/h2-9,13H,1H3. The summed E-state index contributed by atoms with van der Waals surface area (Å²) < 4.78 is 0. The smallest absolute Gasteiger partial charge is 0.171 e. The number of Topliss-reactive ketones (excluding diaryl/α,β-unsaturated/α-hetero) is 1. The number of fused-ring (bicyclic) bond motifs is 3. The summed E-state index contributed by atoms with van der Waals surface area (Å²) in [6.07, 6.45) is 6.25. The van der Waals surface area contributed by atoms with Crippen molar-refractivity contribution >= 4 is 11.4 Å². The lowest BCUT2D eigenvalue weighted by Crippen LogP contribution is -2.17. The third kappa shape index (κ3) is 1.06. The molecule has 1 aromatic carbocycles. The van der Waals surface area contributed by atoms with Crippen LogP contribution in [0.5, 0.6) is 0 Å². The Morgan fingerprint density at radius 3 is 2.67 bits per heavy atom. The first-order valence-corrected chi connectivity index (χ1v) is 5.31. The van der Waals surface area contributed by atoms with E-state index < -0.39 is 0 Å². The van der Waals surface area contributed by atoms with E-state index in [0.29, 0.717) is 5.92 Å². The summed E-state index contributed by atoms with van der Waals surface area (Å²) in [5.74, 6) is 0.672.